The fraction of sp³-hybridized carbons (Fsp3) is 0.273. The lowest BCUT2D eigenvalue weighted by Crippen LogP contribution is -2.13. The molecule has 0 saturated heterocycles. The van der Waals surface area contributed by atoms with Crippen LogP contribution in [-0.4, -0.2) is 10.2 Å². The molecule has 1 unspecified atom stereocenters. The molecule has 1 heterocycles. The van der Waals surface area contributed by atoms with Crippen LogP contribution in [0, 0.1) is 0 Å². The minimum atomic E-state index is -0.282. The highest BCUT2D eigenvalue weighted by Gasteiger charge is 2.14. The fourth-order valence-corrected chi connectivity index (χ4v) is 1.45. The molecule has 0 aliphatic carbocycles. The molecule has 5 heteroatoms. The van der Waals surface area contributed by atoms with Crippen molar-refractivity contribution in [3.63, 3.8) is 0 Å². The first-order chi connectivity index (χ1) is 7.79. The predicted octanol–water partition coefficient (Wildman–Crippen LogP) is 0.771. The summed E-state index contributed by atoms with van der Waals surface area (Å²) < 4.78 is 5.29. The molecule has 1 atom stereocenters. The van der Waals surface area contributed by atoms with E-state index < -0.39 is 0 Å². The number of nitrogens with zero attached hydrogens (tertiary/aromatic N) is 2. The Morgan fingerprint density at radius 2 is 1.94 bits per heavy atom. The van der Waals surface area contributed by atoms with Crippen molar-refractivity contribution < 1.29 is 4.42 Å². The monoisotopic (exact) mass is 218 g/mol. The molecule has 0 fully saturated rings. The van der Waals surface area contributed by atoms with Gasteiger partial charge in [0.15, 0.2) is 0 Å². The van der Waals surface area contributed by atoms with Crippen molar-refractivity contribution in [2.45, 2.75) is 19.0 Å². The summed E-state index contributed by atoms with van der Waals surface area (Å²) >= 11 is 0. The van der Waals surface area contributed by atoms with E-state index in [1.807, 2.05) is 30.3 Å². The molecule has 0 aliphatic rings. The molecule has 4 N–H and O–H groups in total. The van der Waals surface area contributed by atoms with Gasteiger partial charge < -0.3 is 15.9 Å². The van der Waals surface area contributed by atoms with Crippen LogP contribution in [0.4, 0.5) is 0 Å². The summed E-state index contributed by atoms with van der Waals surface area (Å²) in [5.74, 6) is 0.850. The zero-order chi connectivity index (χ0) is 11.4. The normalized spacial score (nSPS) is 12.6. The molecular formula is C11H14N4O. The second kappa shape index (κ2) is 4.87. The van der Waals surface area contributed by atoms with Crippen molar-refractivity contribution in [3.05, 3.63) is 47.7 Å². The van der Waals surface area contributed by atoms with Crippen LogP contribution in [0.3, 0.4) is 0 Å². The molecule has 16 heavy (non-hydrogen) atoms. The number of hydrogen-bond donors (Lipinski definition) is 2. The van der Waals surface area contributed by atoms with Crippen LogP contribution < -0.4 is 11.5 Å². The zero-order valence-corrected chi connectivity index (χ0v) is 8.84. The van der Waals surface area contributed by atoms with Crippen LogP contribution in [0.1, 0.15) is 23.4 Å². The van der Waals surface area contributed by atoms with Crippen LogP contribution in [-0.2, 0) is 13.0 Å². The highest BCUT2D eigenvalue weighted by molar-refractivity contribution is 5.16. The van der Waals surface area contributed by atoms with Crippen molar-refractivity contribution in [1.29, 1.82) is 0 Å². The van der Waals surface area contributed by atoms with Gasteiger partial charge in [0.05, 0.1) is 12.6 Å². The van der Waals surface area contributed by atoms with E-state index >= 15 is 0 Å². The quantitative estimate of drug-likeness (QED) is 0.791. The summed E-state index contributed by atoms with van der Waals surface area (Å²) in [4.78, 5) is 0. The highest BCUT2D eigenvalue weighted by atomic mass is 16.4. The summed E-state index contributed by atoms with van der Waals surface area (Å²) in [6.07, 6.45) is 0.674. The molecule has 2 rings (SSSR count). The molecular weight excluding hydrogens is 204 g/mol. The van der Waals surface area contributed by atoms with E-state index in [-0.39, 0.29) is 12.6 Å². The van der Waals surface area contributed by atoms with E-state index in [1.54, 1.807) is 0 Å². The Balaban J connectivity index is 2.05. The average molecular weight is 218 g/mol. The molecule has 0 aliphatic heterocycles. The lowest BCUT2D eigenvalue weighted by atomic mass is 10.1. The van der Waals surface area contributed by atoms with E-state index in [1.165, 1.54) is 0 Å². The van der Waals surface area contributed by atoms with Gasteiger partial charge in [0.1, 0.15) is 0 Å². The Hall–Kier alpha value is -1.72. The maximum absolute atomic E-state index is 5.96. The van der Waals surface area contributed by atoms with Gasteiger partial charge in [-0.15, -0.1) is 10.2 Å². The minimum absolute atomic E-state index is 0.241. The van der Waals surface area contributed by atoms with E-state index in [0.29, 0.717) is 18.2 Å². The van der Waals surface area contributed by atoms with Gasteiger partial charge >= 0.3 is 0 Å². The Morgan fingerprint density at radius 1 is 1.19 bits per heavy atom. The third-order valence-corrected chi connectivity index (χ3v) is 2.27. The van der Waals surface area contributed by atoms with Gasteiger partial charge in [0.2, 0.25) is 11.8 Å². The topological polar surface area (TPSA) is 91.0 Å². The standard InChI is InChI=1S/C11H14N4O/c12-7-10-14-15-11(16-10)9(13)6-8-4-2-1-3-5-8/h1-5,9H,6-7,12-13H2. The van der Waals surface area contributed by atoms with Gasteiger partial charge in [-0.05, 0) is 12.0 Å². The van der Waals surface area contributed by atoms with Crippen molar-refractivity contribution in [2.24, 2.45) is 11.5 Å². The van der Waals surface area contributed by atoms with E-state index in [2.05, 4.69) is 10.2 Å². The first-order valence-corrected chi connectivity index (χ1v) is 5.11. The Bertz CT molecular complexity index is 440. The summed E-state index contributed by atoms with van der Waals surface area (Å²) in [7, 11) is 0. The predicted molar refractivity (Wildman–Crippen MR) is 59.3 cm³/mol. The van der Waals surface area contributed by atoms with Gasteiger partial charge in [-0.3, -0.25) is 0 Å². The maximum Gasteiger partial charge on any atom is 0.233 e. The second-order valence-electron chi connectivity index (χ2n) is 3.53. The number of benzene rings is 1. The van der Waals surface area contributed by atoms with Gasteiger partial charge in [0, 0.05) is 0 Å². The first kappa shape index (κ1) is 10.8. The summed E-state index contributed by atoms with van der Waals surface area (Å²) in [6, 6.07) is 9.66. The molecule has 1 aromatic heterocycles. The smallest absolute Gasteiger partial charge is 0.233 e. The number of rotatable bonds is 4. The van der Waals surface area contributed by atoms with Gasteiger partial charge in [-0.25, -0.2) is 0 Å². The first-order valence-electron chi connectivity index (χ1n) is 5.11. The molecule has 0 amide bonds. The summed E-state index contributed by atoms with van der Waals surface area (Å²) in [5, 5.41) is 7.64. The molecule has 2 aromatic rings. The van der Waals surface area contributed by atoms with E-state index in [9.17, 15) is 0 Å². The summed E-state index contributed by atoms with van der Waals surface area (Å²) in [6.45, 7) is 0.241. The Kier molecular flexibility index (Phi) is 3.28. The van der Waals surface area contributed by atoms with E-state index in [0.717, 1.165) is 5.56 Å². The maximum atomic E-state index is 5.96. The lowest BCUT2D eigenvalue weighted by Gasteiger charge is -2.06. The molecule has 84 valence electrons. The molecule has 0 saturated carbocycles. The molecule has 1 aromatic carbocycles. The van der Waals surface area contributed by atoms with Crippen LogP contribution in [0.5, 0.6) is 0 Å². The van der Waals surface area contributed by atoms with Crippen LogP contribution >= 0.6 is 0 Å². The van der Waals surface area contributed by atoms with Gasteiger partial charge in [-0.1, -0.05) is 30.3 Å². The van der Waals surface area contributed by atoms with Crippen molar-refractivity contribution in [3.8, 4) is 0 Å². The van der Waals surface area contributed by atoms with Crippen molar-refractivity contribution in [2.75, 3.05) is 0 Å². The largest absolute Gasteiger partial charge is 0.422 e. The van der Waals surface area contributed by atoms with Crippen molar-refractivity contribution >= 4 is 0 Å². The molecule has 0 spiro atoms. The molecule has 0 radical (unpaired) electrons. The minimum Gasteiger partial charge on any atom is -0.422 e. The number of nitrogens with two attached hydrogens (primary N) is 2. The third-order valence-electron chi connectivity index (χ3n) is 2.27. The van der Waals surface area contributed by atoms with Gasteiger partial charge in [0.25, 0.3) is 0 Å². The second-order valence-corrected chi connectivity index (χ2v) is 3.53. The summed E-state index contributed by atoms with van der Waals surface area (Å²) in [5.41, 5.74) is 12.5. The van der Waals surface area contributed by atoms with Gasteiger partial charge in [-0.2, -0.15) is 0 Å². The molecule has 5 nitrogen and oxygen atoms in total. The fourth-order valence-electron chi connectivity index (χ4n) is 1.45. The van der Waals surface area contributed by atoms with Crippen LogP contribution in [0.25, 0.3) is 0 Å². The Labute approximate surface area is 93.5 Å². The Morgan fingerprint density at radius 3 is 2.56 bits per heavy atom. The molecule has 0 bridgehead atoms. The van der Waals surface area contributed by atoms with Crippen LogP contribution in [0.15, 0.2) is 34.7 Å². The number of hydrogen-bond acceptors (Lipinski definition) is 5. The number of aromatic nitrogens is 2. The third kappa shape index (κ3) is 2.44. The van der Waals surface area contributed by atoms with E-state index in [4.69, 9.17) is 15.9 Å². The average Bonchev–Trinajstić information content (AvgIpc) is 2.79. The zero-order valence-electron chi connectivity index (χ0n) is 8.84. The lowest BCUT2D eigenvalue weighted by molar-refractivity contribution is 0.417. The highest BCUT2D eigenvalue weighted by Crippen LogP contribution is 2.14. The van der Waals surface area contributed by atoms with Crippen molar-refractivity contribution in [1.82, 2.24) is 10.2 Å². The van der Waals surface area contributed by atoms with Crippen LogP contribution in [0.2, 0.25) is 0 Å². The SMILES string of the molecule is NCc1nnc(C(N)Cc2ccccc2)o1.